The number of amides is 3. The van der Waals surface area contributed by atoms with Gasteiger partial charge >= 0.3 is 5.97 Å². The Morgan fingerprint density at radius 1 is 1.20 bits per heavy atom. The number of nitrogens with zero attached hydrogens (tertiary/aromatic N) is 2. The average Bonchev–Trinajstić information content (AvgIpc) is 2.77. The Morgan fingerprint density at radius 2 is 1.76 bits per heavy atom. The van der Waals surface area contributed by atoms with E-state index in [1.165, 1.54) is 0 Å². The Labute approximate surface area is 147 Å². The summed E-state index contributed by atoms with van der Waals surface area (Å²) in [6.45, 7) is 8.59. The number of rotatable bonds is 8. The van der Waals surface area contributed by atoms with Gasteiger partial charge in [0.2, 0.25) is 0 Å². The first kappa shape index (κ1) is 21.0. The van der Waals surface area contributed by atoms with Gasteiger partial charge in [-0.25, -0.2) is 5.06 Å². The third-order valence-electron chi connectivity index (χ3n) is 2.98. The highest BCUT2D eigenvalue weighted by Gasteiger charge is 2.33. The maximum atomic E-state index is 12.3. The molecule has 1 atom stereocenters. The van der Waals surface area contributed by atoms with E-state index in [9.17, 15) is 19.2 Å². The summed E-state index contributed by atoms with van der Waals surface area (Å²) in [5, 5.41) is 1.72. The molecule has 1 saturated heterocycles. The molecular weight excluding hydrogens is 332 g/mol. The summed E-state index contributed by atoms with van der Waals surface area (Å²) in [4.78, 5) is 57.9. The molecule has 0 aliphatic carbocycles. The molecule has 1 fully saturated rings. The highest BCUT2D eigenvalue weighted by molar-refractivity contribution is 6.00. The minimum Gasteiger partial charge on any atom is -0.466 e. The normalized spacial score (nSPS) is 16.1. The van der Waals surface area contributed by atoms with Crippen LogP contribution in [0.4, 0.5) is 0 Å². The molecular formula is C16H26N2O7. The molecule has 9 heteroatoms. The second-order valence-electron chi connectivity index (χ2n) is 6.64. The summed E-state index contributed by atoms with van der Waals surface area (Å²) in [5.41, 5.74) is -0.691. The van der Waals surface area contributed by atoms with Crippen LogP contribution < -0.4 is 0 Å². The van der Waals surface area contributed by atoms with Crippen molar-refractivity contribution in [3.05, 3.63) is 0 Å². The second-order valence-corrected chi connectivity index (χ2v) is 6.64. The highest BCUT2D eigenvalue weighted by Crippen LogP contribution is 2.16. The van der Waals surface area contributed by atoms with E-state index in [1.54, 1.807) is 34.6 Å². The summed E-state index contributed by atoms with van der Waals surface area (Å²) in [6.07, 6.45) is -0.956. The molecule has 0 bridgehead atoms. The van der Waals surface area contributed by atoms with Gasteiger partial charge in [0.05, 0.1) is 18.8 Å². The highest BCUT2D eigenvalue weighted by atomic mass is 16.7. The summed E-state index contributed by atoms with van der Waals surface area (Å²) in [6, 6.07) is 0. The third kappa shape index (κ3) is 7.18. The van der Waals surface area contributed by atoms with Crippen molar-refractivity contribution in [2.24, 2.45) is 0 Å². The van der Waals surface area contributed by atoms with E-state index >= 15 is 0 Å². The van der Waals surface area contributed by atoms with Crippen LogP contribution in [0.3, 0.4) is 0 Å². The Hall–Kier alpha value is -2.00. The van der Waals surface area contributed by atoms with E-state index in [0.29, 0.717) is 0 Å². The predicted molar refractivity (Wildman–Crippen MR) is 85.4 cm³/mol. The molecule has 9 nitrogen and oxygen atoms in total. The Bertz CT molecular complexity index is 511. The molecule has 0 aromatic rings. The molecule has 1 aliphatic rings. The van der Waals surface area contributed by atoms with Crippen molar-refractivity contribution in [2.45, 2.75) is 65.6 Å². The van der Waals surface area contributed by atoms with Crippen molar-refractivity contribution in [3.63, 3.8) is 0 Å². The van der Waals surface area contributed by atoms with Gasteiger partial charge in [-0.1, -0.05) is 0 Å². The lowest BCUT2D eigenvalue weighted by Gasteiger charge is -2.31. The Balaban J connectivity index is 2.71. The van der Waals surface area contributed by atoms with Gasteiger partial charge < -0.3 is 4.74 Å². The number of esters is 1. The number of hydrogen-bond acceptors (Lipinski definition) is 7. The summed E-state index contributed by atoms with van der Waals surface area (Å²) < 4.78 is 4.76. The molecule has 3 amide bonds. The lowest BCUT2D eigenvalue weighted by Crippen LogP contribution is -2.45. The minimum absolute atomic E-state index is 0.0629. The molecule has 0 aromatic carbocycles. The van der Waals surface area contributed by atoms with Crippen LogP contribution in [0.5, 0.6) is 0 Å². The maximum Gasteiger partial charge on any atom is 0.315 e. The number of hydroxylamine groups is 4. The van der Waals surface area contributed by atoms with Gasteiger partial charge in [-0.3, -0.25) is 28.9 Å². The van der Waals surface area contributed by atoms with Crippen molar-refractivity contribution in [2.75, 3.05) is 13.2 Å². The summed E-state index contributed by atoms with van der Waals surface area (Å²) >= 11 is 0. The maximum absolute atomic E-state index is 12.3. The van der Waals surface area contributed by atoms with E-state index in [-0.39, 0.29) is 26.0 Å². The SMILES string of the molecule is CCOC(=O)CC(=O)N(CC(C)ON1C(=O)CCC1=O)OC(C)(C)C. The molecule has 1 aliphatic heterocycles. The van der Waals surface area contributed by atoms with Crippen molar-refractivity contribution in [3.8, 4) is 0 Å². The van der Waals surface area contributed by atoms with Crippen molar-refractivity contribution >= 4 is 23.7 Å². The number of ether oxygens (including phenoxy) is 1. The van der Waals surface area contributed by atoms with Crippen molar-refractivity contribution in [1.82, 2.24) is 10.1 Å². The molecule has 1 heterocycles. The first-order valence-electron chi connectivity index (χ1n) is 8.21. The molecule has 0 N–H and O–H groups in total. The fraction of sp³-hybridized carbons (Fsp3) is 0.750. The number of imide groups is 1. The van der Waals surface area contributed by atoms with E-state index in [4.69, 9.17) is 14.4 Å². The molecule has 0 spiro atoms. The topological polar surface area (TPSA) is 102 Å². The Kier molecular flexibility index (Phi) is 7.50. The van der Waals surface area contributed by atoms with Gasteiger partial charge in [-0.2, -0.15) is 5.06 Å². The van der Waals surface area contributed by atoms with Gasteiger partial charge in [0, 0.05) is 12.8 Å². The molecule has 1 rings (SSSR count). The van der Waals surface area contributed by atoms with Gasteiger partial charge in [0.15, 0.2) is 0 Å². The average molecular weight is 358 g/mol. The van der Waals surface area contributed by atoms with E-state index in [1.807, 2.05) is 0 Å². The van der Waals surface area contributed by atoms with Crippen LogP contribution in [0.15, 0.2) is 0 Å². The number of hydrogen-bond donors (Lipinski definition) is 0. The zero-order valence-electron chi connectivity index (χ0n) is 15.4. The molecule has 0 aromatic heterocycles. The quantitative estimate of drug-likeness (QED) is 0.276. The minimum atomic E-state index is -0.695. The third-order valence-corrected chi connectivity index (χ3v) is 2.98. The fourth-order valence-electron chi connectivity index (χ4n) is 2.06. The molecule has 1 unspecified atom stereocenters. The van der Waals surface area contributed by atoms with Crippen LogP contribution in [0.25, 0.3) is 0 Å². The van der Waals surface area contributed by atoms with Gasteiger partial charge in [0.25, 0.3) is 17.7 Å². The molecule has 0 radical (unpaired) electrons. The first-order chi connectivity index (χ1) is 11.5. The number of carbonyl (C=O) groups excluding carboxylic acids is 4. The lowest BCUT2D eigenvalue weighted by atomic mass is 10.2. The number of carbonyl (C=O) groups is 4. The zero-order chi connectivity index (χ0) is 19.2. The monoisotopic (exact) mass is 358 g/mol. The molecule has 142 valence electrons. The van der Waals surface area contributed by atoms with Crippen LogP contribution in [0.2, 0.25) is 0 Å². The summed E-state index contributed by atoms with van der Waals surface area (Å²) in [5.74, 6) is -2.09. The van der Waals surface area contributed by atoms with Crippen molar-refractivity contribution < 1.29 is 33.6 Å². The van der Waals surface area contributed by atoms with Crippen LogP contribution in [0.1, 0.15) is 53.9 Å². The largest absolute Gasteiger partial charge is 0.466 e. The predicted octanol–water partition coefficient (Wildman–Crippen LogP) is 0.967. The smallest absolute Gasteiger partial charge is 0.315 e. The van der Waals surface area contributed by atoms with Crippen LogP contribution in [-0.2, 0) is 33.6 Å². The van der Waals surface area contributed by atoms with E-state index in [2.05, 4.69) is 0 Å². The van der Waals surface area contributed by atoms with Crippen LogP contribution in [-0.4, -0.2) is 58.7 Å². The molecule has 25 heavy (non-hydrogen) atoms. The fourth-order valence-corrected chi connectivity index (χ4v) is 2.06. The Morgan fingerprint density at radius 3 is 2.24 bits per heavy atom. The standard InChI is InChI=1S/C16H26N2O7/c1-6-23-15(22)9-14(21)17(25-16(3,4)5)10-11(2)24-18-12(19)7-8-13(18)20/h11H,6-10H2,1-5H3. The lowest BCUT2D eigenvalue weighted by molar-refractivity contribution is -0.249. The van der Waals surface area contributed by atoms with Crippen molar-refractivity contribution in [1.29, 1.82) is 0 Å². The van der Waals surface area contributed by atoms with Gasteiger partial charge in [-0.05, 0) is 34.6 Å². The first-order valence-corrected chi connectivity index (χ1v) is 8.21. The van der Waals surface area contributed by atoms with Crippen LogP contribution >= 0.6 is 0 Å². The van der Waals surface area contributed by atoms with Crippen LogP contribution in [0, 0.1) is 0 Å². The van der Waals surface area contributed by atoms with E-state index in [0.717, 1.165) is 10.1 Å². The van der Waals surface area contributed by atoms with Gasteiger partial charge in [-0.15, -0.1) is 0 Å². The zero-order valence-corrected chi connectivity index (χ0v) is 15.4. The molecule has 0 saturated carbocycles. The second kappa shape index (κ2) is 8.91. The van der Waals surface area contributed by atoms with Gasteiger partial charge in [0.1, 0.15) is 12.5 Å². The summed E-state index contributed by atoms with van der Waals surface area (Å²) in [7, 11) is 0. The van der Waals surface area contributed by atoms with E-state index < -0.39 is 41.8 Å².